The molecule has 0 bridgehead atoms. The van der Waals surface area contributed by atoms with Crippen LogP contribution in [-0.4, -0.2) is 62.5 Å². The third-order valence-corrected chi connectivity index (χ3v) is 10.6. The van der Waals surface area contributed by atoms with Crippen LogP contribution in [0, 0.1) is 0 Å². The molecule has 0 heterocycles. The summed E-state index contributed by atoms with van der Waals surface area (Å²) in [6, 6.07) is 0. The van der Waals surface area contributed by atoms with Crippen molar-refractivity contribution in [1.29, 1.82) is 0 Å². The molecule has 0 aromatic heterocycles. The van der Waals surface area contributed by atoms with Crippen LogP contribution in [0.5, 0.6) is 0 Å². The Hall–Kier alpha value is 0.0969. The van der Waals surface area contributed by atoms with Gasteiger partial charge in [0.1, 0.15) is 0 Å². The summed E-state index contributed by atoms with van der Waals surface area (Å²) in [5.41, 5.74) is 0.757. The van der Waals surface area contributed by atoms with Gasteiger partial charge in [0.15, 0.2) is 0 Å². The van der Waals surface area contributed by atoms with Crippen molar-refractivity contribution in [2.45, 2.75) is 53.5 Å². The molecule has 0 amide bonds. The second kappa shape index (κ2) is 8.30. The first-order valence-corrected chi connectivity index (χ1v) is 9.56. The highest BCUT2D eigenvalue weighted by Gasteiger charge is 2.50. The second-order valence-electron chi connectivity index (χ2n) is 5.24. The molecule has 0 aliphatic rings. The lowest BCUT2D eigenvalue weighted by Crippen LogP contribution is -2.75. The highest BCUT2D eigenvalue weighted by molar-refractivity contribution is 6.73. The second-order valence-corrected chi connectivity index (χ2v) is 9.76. The molecule has 0 aromatic rings. The average Bonchev–Trinajstić information content (AvgIpc) is 2.37. The van der Waals surface area contributed by atoms with E-state index in [-0.39, 0.29) is 0 Å². The monoisotopic (exact) mass is 273 g/mol. The van der Waals surface area contributed by atoms with Gasteiger partial charge in [-0.25, -0.2) is 0 Å². The van der Waals surface area contributed by atoms with E-state index >= 15 is 0 Å². The van der Waals surface area contributed by atoms with Crippen LogP contribution in [0.15, 0.2) is 0 Å². The third-order valence-electron chi connectivity index (χ3n) is 4.39. The van der Waals surface area contributed by atoms with E-state index in [9.17, 15) is 0 Å². The Labute approximate surface area is 116 Å². The van der Waals surface area contributed by atoms with E-state index in [2.05, 4.69) is 69.3 Å². The van der Waals surface area contributed by atoms with Crippen molar-refractivity contribution < 1.29 is 0 Å². The largest absolute Gasteiger partial charge is 0.305 e. The molecule has 0 rings (SSSR count). The molecule has 0 saturated carbocycles. The summed E-state index contributed by atoms with van der Waals surface area (Å²) in [5, 5.41) is 0. The van der Waals surface area contributed by atoms with Gasteiger partial charge in [-0.05, 0) is 45.8 Å². The van der Waals surface area contributed by atoms with Crippen molar-refractivity contribution in [2.75, 3.05) is 40.3 Å². The molecule has 0 fully saturated rings. The van der Waals surface area contributed by atoms with E-state index in [1.807, 2.05) is 0 Å². The quantitative estimate of drug-likeness (QED) is 0.598. The predicted octanol–water partition coefficient (Wildman–Crippen LogP) is 2.97. The fraction of sp³-hybridized carbons (Fsp3) is 1.00. The molecule has 4 heteroatoms. The van der Waals surface area contributed by atoms with Gasteiger partial charge in [-0.3, -0.25) is 9.13 Å². The lowest BCUT2D eigenvalue weighted by atomic mass is 10.4. The number of hydrogen-bond acceptors (Lipinski definition) is 3. The highest BCUT2D eigenvalue weighted by atomic mass is 28.4. The number of nitrogens with zero attached hydrogens (tertiary/aromatic N) is 3. The van der Waals surface area contributed by atoms with Crippen LogP contribution in [0.4, 0.5) is 0 Å². The number of hydrogen-bond donors (Lipinski definition) is 0. The maximum atomic E-state index is 2.74. The Morgan fingerprint density at radius 1 is 0.778 bits per heavy atom. The summed E-state index contributed by atoms with van der Waals surface area (Å²) in [7, 11) is 2.84. The maximum absolute atomic E-state index is 2.74. The van der Waals surface area contributed by atoms with Gasteiger partial charge in [-0.15, -0.1) is 0 Å². The van der Waals surface area contributed by atoms with Crippen LogP contribution >= 0.6 is 0 Å². The Morgan fingerprint density at radius 2 is 1.11 bits per heavy atom. The van der Waals surface area contributed by atoms with Crippen LogP contribution in [0.25, 0.3) is 0 Å². The summed E-state index contributed by atoms with van der Waals surface area (Å²) in [4.78, 5) is 0. The molecule has 0 aliphatic carbocycles. The van der Waals surface area contributed by atoms with Gasteiger partial charge in [-0.2, -0.15) is 0 Å². The highest BCUT2D eigenvalue weighted by Crippen LogP contribution is 2.32. The lowest BCUT2D eigenvalue weighted by molar-refractivity contribution is 0.275. The van der Waals surface area contributed by atoms with Crippen LogP contribution in [0.2, 0.25) is 5.54 Å². The third kappa shape index (κ3) is 3.16. The van der Waals surface area contributed by atoms with Gasteiger partial charge in [0, 0.05) is 0 Å². The Morgan fingerprint density at radius 3 is 1.28 bits per heavy atom. The van der Waals surface area contributed by atoms with E-state index in [0.29, 0.717) is 0 Å². The molecule has 1 unspecified atom stereocenters. The van der Waals surface area contributed by atoms with Gasteiger partial charge in [0.25, 0.3) is 8.56 Å². The minimum atomic E-state index is -1.74. The Bertz CT molecular complexity index is 201. The first kappa shape index (κ1) is 18.1. The topological polar surface area (TPSA) is 9.72 Å². The molecule has 0 N–H and O–H groups in total. The first-order chi connectivity index (χ1) is 8.46. The molecule has 0 aliphatic heterocycles. The van der Waals surface area contributed by atoms with Crippen LogP contribution in [0.3, 0.4) is 0 Å². The van der Waals surface area contributed by atoms with Gasteiger partial charge >= 0.3 is 0 Å². The summed E-state index contributed by atoms with van der Waals surface area (Å²) < 4.78 is 8.05. The minimum Gasteiger partial charge on any atom is -0.305 e. The molecule has 0 radical (unpaired) electrons. The van der Waals surface area contributed by atoms with E-state index in [1.165, 1.54) is 6.42 Å². The van der Waals surface area contributed by atoms with Crippen molar-refractivity contribution in [3.8, 4) is 0 Å². The van der Waals surface area contributed by atoms with Gasteiger partial charge in [-0.1, -0.05) is 48.0 Å². The molecule has 110 valence electrons. The fourth-order valence-electron chi connectivity index (χ4n) is 3.48. The van der Waals surface area contributed by atoms with Crippen molar-refractivity contribution >= 4 is 8.56 Å². The fourth-order valence-corrected chi connectivity index (χ4v) is 9.55. The minimum absolute atomic E-state index is 0.757. The molecule has 3 nitrogen and oxygen atoms in total. The standard InChI is InChI=1S/C14H35N3Si/c1-9-14(6)18(15(7)8,16(10-2)11-3)17(12-4)13-5/h14H,9-13H2,1-8H3. The van der Waals surface area contributed by atoms with Crippen LogP contribution < -0.4 is 0 Å². The zero-order chi connectivity index (χ0) is 14.3. The average molecular weight is 274 g/mol. The summed E-state index contributed by atoms with van der Waals surface area (Å²) in [6.07, 6.45) is 1.26. The predicted molar refractivity (Wildman–Crippen MR) is 85.0 cm³/mol. The molecule has 1 atom stereocenters. The van der Waals surface area contributed by atoms with Crippen LogP contribution in [-0.2, 0) is 0 Å². The zero-order valence-electron chi connectivity index (χ0n) is 14.0. The smallest absolute Gasteiger partial charge is 0.291 e. The molecular weight excluding hydrogens is 238 g/mol. The molecular formula is C14H35N3Si. The molecule has 18 heavy (non-hydrogen) atoms. The van der Waals surface area contributed by atoms with E-state index < -0.39 is 8.56 Å². The Balaban J connectivity index is 5.69. The van der Waals surface area contributed by atoms with Crippen molar-refractivity contribution in [3.63, 3.8) is 0 Å². The molecule has 0 aromatic carbocycles. The normalized spacial score (nSPS) is 14.8. The molecule has 0 saturated heterocycles. The SMILES string of the molecule is CCC(C)[Si](N(C)C)(N(CC)CC)N(CC)CC. The lowest BCUT2D eigenvalue weighted by Gasteiger charge is -2.54. The van der Waals surface area contributed by atoms with Gasteiger partial charge in [0.05, 0.1) is 0 Å². The van der Waals surface area contributed by atoms with Gasteiger partial charge < -0.3 is 4.57 Å². The van der Waals surface area contributed by atoms with Crippen molar-refractivity contribution in [2.24, 2.45) is 0 Å². The summed E-state index contributed by atoms with van der Waals surface area (Å²) >= 11 is 0. The van der Waals surface area contributed by atoms with Gasteiger partial charge in [0.2, 0.25) is 0 Å². The summed E-state index contributed by atoms with van der Waals surface area (Å²) in [6.45, 7) is 18.6. The molecule has 0 spiro atoms. The Kier molecular flexibility index (Phi) is 8.35. The maximum Gasteiger partial charge on any atom is 0.291 e. The summed E-state index contributed by atoms with van der Waals surface area (Å²) in [5.74, 6) is 0. The van der Waals surface area contributed by atoms with Crippen molar-refractivity contribution in [1.82, 2.24) is 13.7 Å². The van der Waals surface area contributed by atoms with E-state index in [1.54, 1.807) is 0 Å². The number of rotatable bonds is 9. The zero-order valence-corrected chi connectivity index (χ0v) is 15.0. The van der Waals surface area contributed by atoms with E-state index in [0.717, 1.165) is 31.7 Å². The first-order valence-electron chi connectivity index (χ1n) is 7.64. The van der Waals surface area contributed by atoms with E-state index in [4.69, 9.17) is 0 Å². The van der Waals surface area contributed by atoms with Crippen LogP contribution in [0.1, 0.15) is 48.0 Å². The van der Waals surface area contributed by atoms with Crippen molar-refractivity contribution in [3.05, 3.63) is 0 Å².